The number of nitrogens with one attached hydrogen (secondary N) is 1. The first-order valence-electron chi connectivity index (χ1n) is 8.31. The van der Waals surface area contributed by atoms with E-state index in [0.29, 0.717) is 0 Å². The van der Waals surface area contributed by atoms with Crippen molar-refractivity contribution in [2.45, 2.75) is 12.0 Å². The highest BCUT2D eigenvalue weighted by atomic mass is 79.9. The summed E-state index contributed by atoms with van der Waals surface area (Å²) in [4.78, 5) is 44.8. The topological polar surface area (TPSA) is 82.6 Å². The van der Waals surface area contributed by atoms with Crippen molar-refractivity contribution in [2.24, 2.45) is 0 Å². The van der Waals surface area contributed by atoms with Gasteiger partial charge in [0, 0.05) is 10.9 Å². The second kappa shape index (κ2) is 7.02. The van der Waals surface area contributed by atoms with Crippen LogP contribution in [0.4, 0.5) is 10.5 Å². The molecule has 7 nitrogen and oxygen atoms in total. The molecule has 0 saturated carbocycles. The normalized spacial score (nSPS) is 21.8. The summed E-state index contributed by atoms with van der Waals surface area (Å²) in [7, 11) is 0. The van der Waals surface area contributed by atoms with Gasteiger partial charge in [0.05, 0.1) is 12.2 Å². The highest BCUT2D eigenvalue weighted by Gasteiger charge is 2.60. The van der Waals surface area contributed by atoms with E-state index in [9.17, 15) is 14.4 Å². The first-order valence-corrected chi connectivity index (χ1v) is 9.86. The lowest BCUT2D eigenvalue weighted by molar-refractivity contribution is -0.132. The van der Waals surface area contributed by atoms with E-state index in [0.717, 1.165) is 14.9 Å². The van der Waals surface area contributed by atoms with Gasteiger partial charge in [-0.05, 0) is 23.8 Å². The maximum Gasteiger partial charge on any atom is 0.332 e. The fourth-order valence-corrected chi connectivity index (χ4v) is 4.42. The van der Waals surface area contributed by atoms with Crippen LogP contribution in [-0.4, -0.2) is 46.4 Å². The minimum atomic E-state index is -1.24. The highest BCUT2D eigenvalue weighted by Crippen LogP contribution is 2.38. The minimum Gasteiger partial charge on any atom is -0.352 e. The molecule has 0 aliphatic carbocycles. The molecule has 1 aromatic heterocycles. The Balaban J connectivity index is 1.81. The van der Waals surface area contributed by atoms with Gasteiger partial charge >= 0.3 is 6.03 Å². The molecule has 1 aromatic carbocycles. The molecule has 1 unspecified atom stereocenters. The van der Waals surface area contributed by atoms with E-state index >= 15 is 0 Å². The molecule has 2 aliphatic rings. The van der Waals surface area contributed by atoms with E-state index in [1.807, 2.05) is 24.3 Å². The number of anilines is 1. The monoisotopic (exact) mass is 482 g/mol. The van der Waals surface area contributed by atoms with E-state index in [2.05, 4.69) is 26.2 Å². The molecule has 1 N–H and O–H groups in total. The van der Waals surface area contributed by atoms with Crippen LogP contribution in [0.3, 0.4) is 0 Å². The number of amides is 4. The number of carbonyl (C=O) groups excluding carboxylic acids is 3. The van der Waals surface area contributed by atoms with Gasteiger partial charge in [-0.2, -0.15) is 0 Å². The molecule has 3 heterocycles. The number of hydrogen-bond donors (Lipinski definition) is 1. The second-order valence-corrected chi connectivity index (χ2v) is 8.19. The molecule has 2 saturated heterocycles. The van der Waals surface area contributed by atoms with Gasteiger partial charge in [0.25, 0.3) is 5.91 Å². The number of piperazine rings is 1. The molecule has 2 aromatic rings. The zero-order valence-corrected chi connectivity index (χ0v) is 17.4. The third kappa shape index (κ3) is 3.05. The van der Waals surface area contributed by atoms with Crippen LogP contribution in [0.2, 0.25) is 10.3 Å². The Morgan fingerprint density at radius 1 is 1.14 bits per heavy atom. The Labute approximate surface area is 178 Å². The quantitative estimate of drug-likeness (QED) is 0.537. The van der Waals surface area contributed by atoms with E-state index in [-0.39, 0.29) is 41.4 Å². The van der Waals surface area contributed by atoms with Crippen molar-refractivity contribution in [3.05, 3.63) is 56.7 Å². The van der Waals surface area contributed by atoms with Crippen LogP contribution in [0.15, 0.2) is 40.9 Å². The van der Waals surface area contributed by atoms with Crippen LogP contribution in [0.1, 0.15) is 5.56 Å². The number of fused-ring (bicyclic) bond motifs is 1. The number of pyridine rings is 1. The number of imide groups is 1. The van der Waals surface area contributed by atoms with Gasteiger partial charge in [-0.25, -0.2) is 14.7 Å². The van der Waals surface area contributed by atoms with Crippen molar-refractivity contribution in [2.75, 3.05) is 18.0 Å². The molecule has 10 heteroatoms. The molecule has 4 rings (SSSR count). The molecule has 0 radical (unpaired) electrons. The first kappa shape index (κ1) is 19.2. The van der Waals surface area contributed by atoms with E-state index in [1.54, 1.807) is 0 Å². The molecular weight excluding hydrogens is 471 g/mol. The smallest absolute Gasteiger partial charge is 0.332 e. The Bertz CT molecular complexity index is 998. The van der Waals surface area contributed by atoms with Gasteiger partial charge in [-0.1, -0.05) is 57.3 Å². The lowest BCUT2D eigenvalue weighted by Crippen LogP contribution is -2.64. The number of carbonyl (C=O) groups is 3. The van der Waals surface area contributed by atoms with Crippen LogP contribution >= 0.6 is 39.1 Å². The Hall–Kier alpha value is -2.16. The van der Waals surface area contributed by atoms with Crippen molar-refractivity contribution in [1.29, 1.82) is 0 Å². The Kier molecular flexibility index (Phi) is 4.81. The lowest BCUT2D eigenvalue weighted by atomic mass is 9.87. The van der Waals surface area contributed by atoms with Gasteiger partial charge in [0.15, 0.2) is 0 Å². The molecule has 28 heavy (non-hydrogen) atoms. The predicted octanol–water partition coefficient (Wildman–Crippen LogP) is 3.03. The van der Waals surface area contributed by atoms with Gasteiger partial charge in [-0.3, -0.25) is 14.5 Å². The Morgan fingerprint density at radius 3 is 2.50 bits per heavy atom. The van der Waals surface area contributed by atoms with Crippen molar-refractivity contribution in [3.8, 4) is 0 Å². The number of halogens is 3. The number of benzene rings is 1. The predicted molar refractivity (Wildman–Crippen MR) is 107 cm³/mol. The fourth-order valence-electron chi connectivity index (χ4n) is 3.55. The summed E-state index contributed by atoms with van der Waals surface area (Å²) in [6.45, 7) is -0.196. The molecule has 2 aliphatic heterocycles. The zero-order valence-electron chi connectivity index (χ0n) is 14.3. The largest absolute Gasteiger partial charge is 0.352 e. The number of hydrogen-bond acceptors (Lipinski definition) is 4. The zero-order chi connectivity index (χ0) is 20.1. The SMILES string of the molecule is O=C1CN2C(=O)N(c3cc(Cl)nc(Cl)c3)C(=O)C2(Cc2ccccc2Br)CN1. The lowest BCUT2D eigenvalue weighted by Gasteiger charge is -2.38. The summed E-state index contributed by atoms with van der Waals surface area (Å²) in [5, 5.41) is 2.83. The number of rotatable bonds is 3. The summed E-state index contributed by atoms with van der Waals surface area (Å²) in [6, 6.07) is 9.63. The molecule has 0 bridgehead atoms. The number of aromatic nitrogens is 1. The standard InChI is InChI=1S/C18H13BrCl2N4O3/c19-12-4-2-1-3-10(12)7-18-9-22-15(26)8-24(18)17(28)25(16(18)27)11-5-13(20)23-14(21)6-11/h1-6H,7-9H2,(H,22,26). The summed E-state index contributed by atoms with van der Waals surface area (Å²) < 4.78 is 0.815. The third-order valence-corrected chi connectivity index (χ3v) is 6.03. The average Bonchev–Trinajstić information content (AvgIpc) is 2.84. The first-order chi connectivity index (χ1) is 13.3. The highest BCUT2D eigenvalue weighted by molar-refractivity contribution is 9.10. The minimum absolute atomic E-state index is 0.0147. The van der Waals surface area contributed by atoms with Gasteiger partial charge in [0.1, 0.15) is 22.4 Å². The maximum atomic E-state index is 13.5. The molecule has 144 valence electrons. The summed E-state index contributed by atoms with van der Waals surface area (Å²) in [5.41, 5.74) is -0.178. The maximum absolute atomic E-state index is 13.5. The van der Waals surface area contributed by atoms with Crippen LogP contribution in [-0.2, 0) is 16.0 Å². The van der Waals surface area contributed by atoms with Crippen LogP contribution in [0, 0.1) is 0 Å². The molecule has 2 fully saturated rings. The van der Waals surface area contributed by atoms with E-state index < -0.39 is 17.5 Å². The molecule has 1 atom stereocenters. The molecule has 0 spiro atoms. The van der Waals surface area contributed by atoms with Gasteiger partial charge < -0.3 is 5.32 Å². The molecule has 4 amide bonds. The number of nitrogens with zero attached hydrogens (tertiary/aromatic N) is 3. The summed E-state index contributed by atoms with van der Waals surface area (Å²) >= 11 is 15.4. The van der Waals surface area contributed by atoms with E-state index in [1.165, 1.54) is 17.0 Å². The van der Waals surface area contributed by atoms with Crippen molar-refractivity contribution >= 4 is 62.7 Å². The Morgan fingerprint density at radius 2 is 1.82 bits per heavy atom. The summed E-state index contributed by atoms with van der Waals surface area (Å²) in [5.74, 6) is -0.775. The van der Waals surface area contributed by atoms with Crippen molar-refractivity contribution in [1.82, 2.24) is 15.2 Å². The van der Waals surface area contributed by atoms with Crippen LogP contribution < -0.4 is 10.2 Å². The second-order valence-electron chi connectivity index (χ2n) is 6.56. The van der Waals surface area contributed by atoms with Gasteiger partial charge in [0.2, 0.25) is 5.91 Å². The van der Waals surface area contributed by atoms with Crippen molar-refractivity contribution < 1.29 is 14.4 Å². The van der Waals surface area contributed by atoms with Crippen LogP contribution in [0.25, 0.3) is 0 Å². The van der Waals surface area contributed by atoms with E-state index in [4.69, 9.17) is 23.2 Å². The average molecular weight is 484 g/mol. The molecular formula is C18H13BrCl2N4O3. The summed E-state index contributed by atoms with van der Waals surface area (Å²) in [6.07, 6.45) is 0.238. The number of urea groups is 1. The third-order valence-electron chi connectivity index (χ3n) is 4.87. The van der Waals surface area contributed by atoms with Crippen molar-refractivity contribution in [3.63, 3.8) is 0 Å². The van der Waals surface area contributed by atoms with Crippen LogP contribution in [0.5, 0.6) is 0 Å². The van der Waals surface area contributed by atoms with Gasteiger partial charge in [-0.15, -0.1) is 0 Å². The fraction of sp³-hybridized carbons (Fsp3) is 0.222.